The third-order valence-electron chi connectivity index (χ3n) is 5.36. The van der Waals surface area contributed by atoms with Crippen LogP contribution < -0.4 is 5.73 Å². The molecule has 0 radical (unpaired) electrons. The Morgan fingerprint density at radius 1 is 1.13 bits per heavy atom. The summed E-state index contributed by atoms with van der Waals surface area (Å²) in [5, 5.41) is 0. The molecule has 2 heteroatoms. The summed E-state index contributed by atoms with van der Waals surface area (Å²) >= 11 is 0. The number of hydrogen-bond acceptors (Lipinski definition) is 2. The maximum Gasteiger partial charge on any atom is 0.0671 e. The molecule has 1 saturated carbocycles. The Bertz CT molecular complexity index is 583. The predicted octanol–water partition coefficient (Wildman–Crippen LogP) is 5.53. The standard InChI is InChI=1S/C21H30N2/c1-16-10-9-15-20(22)21(16)23(19-13-7-4-8-14-19)17(2)18-11-5-3-6-12-18/h7,10,13-14,18H,2-6,8-9,11-12,15,22H2,1H3. The van der Waals surface area contributed by atoms with Gasteiger partial charge in [0, 0.05) is 17.1 Å². The molecule has 3 aliphatic carbocycles. The lowest BCUT2D eigenvalue weighted by Gasteiger charge is -2.38. The van der Waals surface area contributed by atoms with Crippen LogP contribution in [0.4, 0.5) is 0 Å². The maximum atomic E-state index is 6.45. The van der Waals surface area contributed by atoms with Crippen molar-refractivity contribution in [2.24, 2.45) is 11.7 Å². The molecule has 23 heavy (non-hydrogen) atoms. The number of nitrogens with two attached hydrogens (primary N) is 1. The first kappa shape index (κ1) is 16.2. The van der Waals surface area contributed by atoms with Gasteiger partial charge >= 0.3 is 0 Å². The van der Waals surface area contributed by atoms with Crippen LogP contribution in [0, 0.1) is 5.92 Å². The summed E-state index contributed by atoms with van der Waals surface area (Å²) in [6.07, 6.45) is 20.0. The van der Waals surface area contributed by atoms with Crippen molar-refractivity contribution in [3.63, 3.8) is 0 Å². The molecule has 0 bridgehead atoms. The lowest BCUT2D eigenvalue weighted by molar-refractivity contribution is 0.342. The van der Waals surface area contributed by atoms with E-state index in [0.717, 1.165) is 31.4 Å². The SMILES string of the molecule is C=C(C1CCCCC1)N(C1=CCCC=C1)C1=C(N)CCC=C1C. The van der Waals surface area contributed by atoms with Gasteiger partial charge in [-0.3, -0.25) is 0 Å². The van der Waals surface area contributed by atoms with Gasteiger partial charge in [-0.15, -0.1) is 0 Å². The second-order valence-corrected chi connectivity index (χ2v) is 7.07. The smallest absolute Gasteiger partial charge is 0.0671 e. The molecule has 3 aliphatic rings. The Morgan fingerprint density at radius 2 is 1.91 bits per heavy atom. The van der Waals surface area contributed by atoms with E-state index in [9.17, 15) is 0 Å². The van der Waals surface area contributed by atoms with Crippen molar-refractivity contribution >= 4 is 0 Å². The monoisotopic (exact) mass is 310 g/mol. The van der Waals surface area contributed by atoms with E-state index in [4.69, 9.17) is 5.73 Å². The molecule has 0 atom stereocenters. The van der Waals surface area contributed by atoms with Crippen LogP contribution in [0.3, 0.4) is 0 Å². The minimum atomic E-state index is 0.593. The van der Waals surface area contributed by atoms with Crippen LogP contribution in [0.2, 0.25) is 0 Å². The van der Waals surface area contributed by atoms with E-state index in [1.807, 2.05) is 0 Å². The van der Waals surface area contributed by atoms with E-state index < -0.39 is 0 Å². The van der Waals surface area contributed by atoms with Gasteiger partial charge in [0.1, 0.15) is 0 Å². The molecular formula is C21H30N2. The Morgan fingerprint density at radius 3 is 2.57 bits per heavy atom. The van der Waals surface area contributed by atoms with E-state index in [-0.39, 0.29) is 0 Å². The van der Waals surface area contributed by atoms with Crippen LogP contribution in [-0.4, -0.2) is 4.90 Å². The van der Waals surface area contributed by atoms with Gasteiger partial charge in [-0.05, 0) is 63.0 Å². The zero-order chi connectivity index (χ0) is 16.2. The summed E-state index contributed by atoms with van der Waals surface area (Å²) in [4.78, 5) is 2.38. The molecule has 0 spiro atoms. The van der Waals surface area contributed by atoms with E-state index in [0.29, 0.717) is 5.92 Å². The van der Waals surface area contributed by atoms with Crippen LogP contribution in [0.15, 0.2) is 59.2 Å². The molecular weight excluding hydrogens is 280 g/mol. The summed E-state index contributed by atoms with van der Waals surface area (Å²) in [7, 11) is 0. The number of allylic oxidation sites excluding steroid dienone is 7. The Balaban J connectivity index is 1.97. The second kappa shape index (κ2) is 7.25. The van der Waals surface area contributed by atoms with Crippen LogP contribution in [-0.2, 0) is 0 Å². The van der Waals surface area contributed by atoms with E-state index in [2.05, 4.69) is 42.7 Å². The molecule has 0 aromatic carbocycles. The Labute approximate surface area is 141 Å². The molecule has 3 rings (SSSR count). The van der Waals surface area contributed by atoms with Crippen LogP contribution >= 0.6 is 0 Å². The number of hydrogen-bond donors (Lipinski definition) is 1. The average molecular weight is 310 g/mol. The van der Waals surface area contributed by atoms with Crippen molar-refractivity contribution in [1.29, 1.82) is 0 Å². The number of nitrogens with zero attached hydrogens (tertiary/aromatic N) is 1. The quantitative estimate of drug-likeness (QED) is 0.740. The molecule has 0 aromatic heterocycles. The number of rotatable bonds is 4. The van der Waals surface area contributed by atoms with Gasteiger partial charge in [-0.1, -0.05) is 44.1 Å². The molecule has 2 N–H and O–H groups in total. The van der Waals surface area contributed by atoms with Crippen molar-refractivity contribution in [3.05, 3.63) is 59.2 Å². The fraction of sp³-hybridized carbons (Fsp3) is 0.524. The molecule has 0 aromatic rings. The average Bonchev–Trinajstić information content (AvgIpc) is 2.59. The van der Waals surface area contributed by atoms with Gasteiger partial charge in [-0.2, -0.15) is 0 Å². The first-order valence-electron chi connectivity index (χ1n) is 9.20. The van der Waals surface area contributed by atoms with Crippen LogP contribution in [0.25, 0.3) is 0 Å². The topological polar surface area (TPSA) is 29.3 Å². The summed E-state index contributed by atoms with van der Waals surface area (Å²) in [5.41, 5.74) is 12.5. The van der Waals surface area contributed by atoms with Gasteiger partial charge in [0.15, 0.2) is 0 Å². The molecule has 2 nitrogen and oxygen atoms in total. The third kappa shape index (κ3) is 3.46. The van der Waals surface area contributed by atoms with Gasteiger partial charge in [0.25, 0.3) is 0 Å². The first-order valence-corrected chi connectivity index (χ1v) is 9.20. The molecule has 0 heterocycles. The third-order valence-corrected chi connectivity index (χ3v) is 5.36. The Hall–Kier alpha value is -1.70. The maximum absolute atomic E-state index is 6.45. The highest BCUT2D eigenvalue weighted by atomic mass is 15.2. The molecule has 0 aliphatic heterocycles. The lowest BCUT2D eigenvalue weighted by atomic mass is 9.85. The van der Waals surface area contributed by atoms with E-state index >= 15 is 0 Å². The fourth-order valence-electron chi connectivity index (χ4n) is 4.05. The van der Waals surface area contributed by atoms with Crippen molar-refractivity contribution in [2.75, 3.05) is 0 Å². The molecule has 0 saturated heterocycles. The van der Waals surface area contributed by atoms with Crippen molar-refractivity contribution < 1.29 is 0 Å². The van der Waals surface area contributed by atoms with Gasteiger partial charge in [0.2, 0.25) is 0 Å². The molecule has 1 fully saturated rings. The minimum absolute atomic E-state index is 0.593. The first-order chi connectivity index (χ1) is 11.2. The van der Waals surface area contributed by atoms with Crippen LogP contribution in [0.1, 0.15) is 64.7 Å². The van der Waals surface area contributed by atoms with E-state index in [1.54, 1.807) is 0 Å². The van der Waals surface area contributed by atoms with Gasteiger partial charge < -0.3 is 10.6 Å². The van der Waals surface area contributed by atoms with Crippen LogP contribution in [0.5, 0.6) is 0 Å². The Kier molecular flexibility index (Phi) is 5.09. The zero-order valence-corrected chi connectivity index (χ0v) is 14.5. The fourth-order valence-corrected chi connectivity index (χ4v) is 4.05. The highest BCUT2D eigenvalue weighted by molar-refractivity contribution is 5.43. The summed E-state index contributed by atoms with van der Waals surface area (Å²) in [5.74, 6) is 0.593. The zero-order valence-electron chi connectivity index (χ0n) is 14.5. The van der Waals surface area contributed by atoms with E-state index in [1.165, 1.54) is 54.8 Å². The minimum Gasteiger partial charge on any atom is -0.400 e. The second-order valence-electron chi connectivity index (χ2n) is 7.07. The largest absolute Gasteiger partial charge is 0.400 e. The molecule has 124 valence electrons. The predicted molar refractivity (Wildman–Crippen MR) is 98.2 cm³/mol. The highest BCUT2D eigenvalue weighted by Gasteiger charge is 2.28. The summed E-state index contributed by atoms with van der Waals surface area (Å²) < 4.78 is 0. The van der Waals surface area contributed by atoms with Gasteiger partial charge in [-0.25, -0.2) is 0 Å². The molecule has 0 unspecified atom stereocenters. The molecule has 0 amide bonds. The van der Waals surface area contributed by atoms with Gasteiger partial charge in [0.05, 0.1) is 5.70 Å². The van der Waals surface area contributed by atoms with Crippen molar-refractivity contribution in [3.8, 4) is 0 Å². The normalized spacial score (nSPS) is 22.7. The summed E-state index contributed by atoms with van der Waals surface area (Å²) in [6.45, 7) is 6.72. The van der Waals surface area contributed by atoms with Crippen molar-refractivity contribution in [1.82, 2.24) is 4.90 Å². The summed E-state index contributed by atoms with van der Waals surface area (Å²) in [6, 6.07) is 0. The lowest BCUT2D eigenvalue weighted by Crippen LogP contribution is -2.30. The van der Waals surface area contributed by atoms with Crippen molar-refractivity contribution in [2.45, 2.75) is 64.7 Å². The highest BCUT2D eigenvalue weighted by Crippen LogP contribution is 2.39.